The molecule has 0 bridgehead atoms. The van der Waals surface area contributed by atoms with Crippen LogP contribution in [0.4, 0.5) is 18.0 Å². The van der Waals surface area contributed by atoms with Crippen molar-refractivity contribution in [3.8, 4) is 0 Å². The van der Waals surface area contributed by atoms with Gasteiger partial charge in [0.1, 0.15) is 0 Å². The fourth-order valence-corrected chi connectivity index (χ4v) is 2.95. The molecule has 1 aromatic rings. The molecule has 9 heteroatoms. The van der Waals surface area contributed by atoms with E-state index in [1.165, 1.54) is 0 Å². The number of carbonyl (C=O) groups is 2. The molecule has 1 aromatic carbocycles. The number of urea groups is 1. The van der Waals surface area contributed by atoms with Crippen LogP contribution in [-0.2, 0) is 16.1 Å². The second kappa shape index (κ2) is 9.59. The van der Waals surface area contributed by atoms with Crippen molar-refractivity contribution in [1.82, 2.24) is 10.2 Å². The van der Waals surface area contributed by atoms with Crippen LogP contribution in [0.2, 0.25) is 0 Å². The van der Waals surface area contributed by atoms with E-state index in [2.05, 4.69) is 5.32 Å². The normalized spacial score (nSPS) is 19.9. The number of aliphatic carboxylic acids is 1. The summed E-state index contributed by atoms with van der Waals surface area (Å²) in [5.41, 5.74) is 1.06. The Balaban J connectivity index is 1.63. The third-order valence-electron chi connectivity index (χ3n) is 4.45. The van der Waals surface area contributed by atoms with Crippen molar-refractivity contribution in [1.29, 1.82) is 0 Å². The molecular weight excluding hydrogens is 365 g/mol. The number of carboxylic acid groups (broad SMARTS) is 1. The van der Waals surface area contributed by atoms with Crippen molar-refractivity contribution in [3.05, 3.63) is 35.9 Å². The maximum atomic E-state index is 12.9. The van der Waals surface area contributed by atoms with Gasteiger partial charge in [-0.3, -0.25) is 4.79 Å². The van der Waals surface area contributed by atoms with Gasteiger partial charge in [0, 0.05) is 26.2 Å². The summed E-state index contributed by atoms with van der Waals surface area (Å²) in [4.78, 5) is 23.9. The zero-order valence-electron chi connectivity index (χ0n) is 14.7. The van der Waals surface area contributed by atoms with Crippen molar-refractivity contribution in [3.63, 3.8) is 0 Å². The van der Waals surface area contributed by atoms with Gasteiger partial charge in [-0.1, -0.05) is 30.3 Å². The summed E-state index contributed by atoms with van der Waals surface area (Å²) in [7, 11) is 0. The van der Waals surface area contributed by atoms with Crippen molar-refractivity contribution in [2.45, 2.75) is 25.6 Å². The second-order valence-corrected chi connectivity index (χ2v) is 6.48. The molecule has 2 N–H and O–H groups in total. The van der Waals surface area contributed by atoms with E-state index in [4.69, 9.17) is 9.84 Å². The summed E-state index contributed by atoms with van der Waals surface area (Å²) < 4.78 is 44.3. The van der Waals surface area contributed by atoms with Crippen LogP contribution in [0, 0.1) is 11.8 Å². The first-order valence-corrected chi connectivity index (χ1v) is 8.73. The van der Waals surface area contributed by atoms with E-state index in [0.717, 1.165) is 10.5 Å². The zero-order valence-corrected chi connectivity index (χ0v) is 14.7. The first kappa shape index (κ1) is 21.0. The molecule has 0 unspecified atom stereocenters. The number of unbranched alkanes of at least 4 members (excludes halogenated alkanes) is 1. The number of likely N-dealkylation sites (tertiary alicyclic amines) is 1. The number of nitrogens with one attached hydrogen (secondary N) is 1. The molecule has 1 aliphatic heterocycles. The lowest BCUT2D eigenvalue weighted by Crippen LogP contribution is -2.40. The number of hydrogen-bond acceptors (Lipinski definition) is 3. The standard InChI is InChI=1S/C18H23F3N2O4/c19-18(20,21)15-11-23(10-14(15)16(24)25)17(26)22-8-4-5-9-27-12-13-6-2-1-3-7-13/h1-3,6-7,14-15H,4-5,8-12H2,(H,22,26)(H,24,25)/t14-,15-/m1/s1. The van der Waals surface area contributed by atoms with E-state index in [1.54, 1.807) is 0 Å². The molecule has 1 fully saturated rings. The molecule has 2 amide bonds. The van der Waals surface area contributed by atoms with Gasteiger partial charge in [0.15, 0.2) is 0 Å². The minimum absolute atomic E-state index is 0.290. The zero-order chi connectivity index (χ0) is 19.9. The monoisotopic (exact) mass is 388 g/mol. The molecule has 0 aliphatic carbocycles. The maximum absolute atomic E-state index is 12.9. The first-order chi connectivity index (χ1) is 12.8. The minimum Gasteiger partial charge on any atom is -0.481 e. The quantitative estimate of drug-likeness (QED) is 0.672. The lowest BCUT2D eigenvalue weighted by molar-refractivity contribution is -0.187. The molecule has 6 nitrogen and oxygen atoms in total. The highest BCUT2D eigenvalue weighted by molar-refractivity contribution is 5.77. The average Bonchev–Trinajstić information content (AvgIpc) is 3.08. The summed E-state index contributed by atoms with van der Waals surface area (Å²) in [6.45, 7) is 0.221. The molecule has 0 spiro atoms. The lowest BCUT2D eigenvalue weighted by Gasteiger charge is -2.18. The number of amides is 2. The van der Waals surface area contributed by atoms with Gasteiger partial charge in [0.05, 0.1) is 18.4 Å². The smallest absolute Gasteiger partial charge is 0.394 e. The van der Waals surface area contributed by atoms with Gasteiger partial charge >= 0.3 is 18.2 Å². The molecule has 0 saturated carbocycles. The number of carbonyl (C=O) groups excluding carboxylic acids is 1. The topological polar surface area (TPSA) is 78.9 Å². The predicted molar refractivity (Wildman–Crippen MR) is 91.0 cm³/mol. The third kappa shape index (κ3) is 6.42. The van der Waals surface area contributed by atoms with E-state index in [0.29, 0.717) is 32.6 Å². The summed E-state index contributed by atoms with van der Waals surface area (Å²) in [5, 5.41) is 11.5. The fraction of sp³-hybridized carbons (Fsp3) is 0.556. The second-order valence-electron chi connectivity index (χ2n) is 6.48. The van der Waals surface area contributed by atoms with E-state index in [-0.39, 0.29) is 0 Å². The minimum atomic E-state index is -4.64. The highest BCUT2D eigenvalue weighted by Gasteiger charge is 2.53. The summed E-state index contributed by atoms with van der Waals surface area (Å²) in [5.74, 6) is -5.20. The number of ether oxygens (including phenoxy) is 1. The molecule has 1 aliphatic rings. The highest BCUT2D eigenvalue weighted by atomic mass is 19.4. The Bertz CT molecular complexity index is 625. The van der Waals surface area contributed by atoms with E-state index in [1.807, 2.05) is 30.3 Å². The molecule has 1 saturated heterocycles. The molecule has 0 aromatic heterocycles. The largest absolute Gasteiger partial charge is 0.481 e. The number of rotatable bonds is 8. The van der Waals surface area contributed by atoms with Crippen LogP contribution in [0.3, 0.4) is 0 Å². The molecule has 2 rings (SSSR count). The van der Waals surface area contributed by atoms with Gasteiger partial charge in [0.2, 0.25) is 0 Å². The van der Waals surface area contributed by atoms with E-state index < -0.39 is 43.1 Å². The highest BCUT2D eigenvalue weighted by Crippen LogP contribution is 2.37. The molecule has 1 heterocycles. The maximum Gasteiger partial charge on any atom is 0.394 e. The SMILES string of the molecule is O=C(O)[C@@H]1CN(C(=O)NCCCCOCc2ccccc2)C[C@H]1C(F)(F)F. The Morgan fingerprint density at radius 3 is 2.48 bits per heavy atom. The Morgan fingerprint density at radius 2 is 1.89 bits per heavy atom. The summed E-state index contributed by atoms with van der Waals surface area (Å²) in [6.07, 6.45) is -3.34. The van der Waals surface area contributed by atoms with Gasteiger partial charge in [-0.2, -0.15) is 13.2 Å². The Morgan fingerprint density at radius 1 is 1.19 bits per heavy atom. The van der Waals surface area contributed by atoms with E-state index in [9.17, 15) is 22.8 Å². The summed E-state index contributed by atoms with van der Waals surface area (Å²) >= 11 is 0. The molecule has 27 heavy (non-hydrogen) atoms. The van der Waals surface area contributed by atoms with Crippen LogP contribution in [0.5, 0.6) is 0 Å². The van der Waals surface area contributed by atoms with Crippen molar-refractivity contribution in [2.24, 2.45) is 11.8 Å². The van der Waals surface area contributed by atoms with Gasteiger partial charge in [-0.05, 0) is 18.4 Å². The lowest BCUT2D eigenvalue weighted by atomic mass is 9.96. The number of halogens is 3. The van der Waals surface area contributed by atoms with Crippen LogP contribution in [0.1, 0.15) is 18.4 Å². The average molecular weight is 388 g/mol. The van der Waals surface area contributed by atoms with Crippen LogP contribution in [0.25, 0.3) is 0 Å². The summed E-state index contributed by atoms with van der Waals surface area (Å²) in [6, 6.07) is 9.00. The van der Waals surface area contributed by atoms with Gasteiger partial charge in [-0.15, -0.1) is 0 Å². The van der Waals surface area contributed by atoms with Crippen LogP contribution in [0.15, 0.2) is 30.3 Å². The van der Waals surface area contributed by atoms with Crippen LogP contribution < -0.4 is 5.32 Å². The third-order valence-corrected chi connectivity index (χ3v) is 4.45. The van der Waals surface area contributed by atoms with Crippen molar-refractivity contribution in [2.75, 3.05) is 26.2 Å². The molecular formula is C18H23F3N2O4. The number of benzene rings is 1. The number of nitrogens with zero attached hydrogens (tertiary/aromatic N) is 1. The Hall–Kier alpha value is -2.29. The van der Waals surface area contributed by atoms with Crippen molar-refractivity contribution >= 4 is 12.0 Å². The molecule has 150 valence electrons. The van der Waals surface area contributed by atoms with Gasteiger partial charge < -0.3 is 20.1 Å². The Kier molecular flexibility index (Phi) is 7.46. The van der Waals surface area contributed by atoms with Gasteiger partial charge in [0.25, 0.3) is 0 Å². The predicted octanol–water partition coefficient (Wildman–Crippen LogP) is 2.89. The fourth-order valence-electron chi connectivity index (χ4n) is 2.95. The van der Waals surface area contributed by atoms with Crippen LogP contribution >= 0.6 is 0 Å². The van der Waals surface area contributed by atoms with Gasteiger partial charge in [-0.25, -0.2) is 4.79 Å². The first-order valence-electron chi connectivity index (χ1n) is 8.73. The number of alkyl halides is 3. The number of carboxylic acids is 1. The van der Waals surface area contributed by atoms with Crippen LogP contribution in [-0.4, -0.2) is 54.4 Å². The van der Waals surface area contributed by atoms with E-state index >= 15 is 0 Å². The van der Waals surface area contributed by atoms with Crippen molar-refractivity contribution < 1.29 is 32.6 Å². The number of hydrogen-bond donors (Lipinski definition) is 2. The molecule has 2 atom stereocenters. The molecule has 0 radical (unpaired) electrons. The Labute approximate surface area is 155 Å².